The Morgan fingerprint density at radius 1 is 1.50 bits per heavy atom. The first-order chi connectivity index (χ1) is 8.64. The van der Waals surface area contributed by atoms with E-state index in [4.69, 9.17) is 4.74 Å². The van der Waals surface area contributed by atoms with Gasteiger partial charge in [-0.15, -0.1) is 11.3 Å². The molecule has 0 unspecified atom stereocenters. The van der Waals surface area contributed by atoms with Gasteiger partial charge in [0.05, 0.1) is 10.9 Å². The van der Waals surface area contributed by atoms with Crippen molar-refractivity contribution in [1.82, 2.24) is 10.3 Å². The van der Waals surface area contributed by atoms with E-state index in [0.717, 1.165) is 0 Å². The Morgan fingerprint density at radius 2 is 2.22 bits per heavy atom. The third-order valence-electron chi connectivity index (χ3n) is 3.16. The molecular weight excluding hydrogens is 256 g/mol. The molecule has 7 heteroatoms. The maximum atomic E-state index is 11.7. The quantitative estimate of drug-likeness (QED) is 0.843. The summed E-state index contributed by atoms with van der Waals surface area (Å²) in [7, 11) is 0. The highest BCUT2D eigenvalue weighted by molar-refractivity contribution is 7.07. The Hall–Kier alpha value is -1.47. The molecule has 1 fully saturated rings. The second kappa shape index (κ2) is 5.45. The summed E-state index contributed by atoms with van der Waals surface area (Å²) in [4.78, 5) is 27.0. The van der Waals surface area contributed by atoms with Crippen molar-refractivity contribution in [3.05, 3.63) is 16.6 Å². The number of ether oxygens (including phenoxy) is 1. The Balaban J connectivity index is 1.98. The fraction of sp³-hybridized carbons (Fsp3) is 0.545. The first-order valence-corrected chi connectivity index (χ1v) is 6.56. The molecule has 98 valence electrons. The molecule has 0 radical (unpaired) electrons. The lowest BCUT2D eigenvalue weighted by molar-refractivity contribution is -0.154. The smallest absolute Gasteiger partial charge is 0.311 e. The van der Waals surface area contributed by atoms with E-state index in [-0.39, 0.29) is 12.5 Å². The van der Waals surface area contributed by atoms with Crippen molar-refractivity contribution < 1.29 is 19.4 Å². The molecule has 0 aromatic carbocycles. The van der Waals surface area contributed by atoms with Gasteiger partial charge in [-0.1, -0.05) is 0 Å². The number of carbonyl (C=O) groups excluding carboxylic acids is 1. The van der Waals surface area contributed by atoms with Crippen LogP contribution in [0.4, 0.5) is 0 Å². The molecule has 1 amide bonds. The number of aliphatic carboxylic acids is 1. The summed E-state index contributed by atoms with van der Waals surface area (Å²) in [5.74, 6) is -1.22. The molecule has 18 heavy (non-hydrogen) atoms. The zero-order chi connectivity index (χ0) is 13.0. The first kappa shape index (κ1) is 13.0. The van der Waals surface area contributed by atoms with Crippen molar-refractivity contribution in [3.63, 3.8) is 0 Å². The Labute approximate surface area is 108 Å². The van der Waals surface area contributed by atoms with Gasteiger partial charge in [-0.25, -0.2) is 4.98 Å². The Bertz CT molecular complexity index is 426. The number of hydrogen-bond acceptors (Lipinski definition) is 5. The van der Waals surface area contributed by atoms with Crippen LogP contribution in [-0.4, -0.2) is 41.7 Å². The van der Waals surface area contributed by atoms with Gasteiger partial charge in [0.25, 0.3) is 5.91 Å². The number of carboxylic acids is 1. The lowest BCUT2D eigenvalue weighted by atomic mass is 9.80. The van der Waals surface area contributed by atoms with Crippen LogP contribution in [0.5, 0.6) is 0 Å². The maximum Gasteiger partial charge on any atom is 0.311 e. The van der Waals surface area contributed by atoms with Crippen LogP contribution in [0.2, 0.25) is 0 Å². The molecular formula is C11H14N2O4S. The number of carbonyl (C=O) groups is 2. The van der Waals surface area contributed by atoms with Crippen LogP contribution in [-0.2, 0) is 9.53 Å². The van der Waals surface area contributed by atoms with E-state index in [1.165, 1.54) is 11.3 Å². The van der Waals surface area contributed by atoms with E-state index in [1.54, 1.807) is 10.9 Å². The van der Waals surface area contributed by atoms with Crippen LogP contribution in [0, 0.1) is 5.41 Å². The van der Waals surface area contributed by atoms with E-state index in [1.807, 2.05) is 0 Å². The number of hydrogen-bond donors (Lipinski definition) is 2. The maximum absolute atomic E-state index is 11.7. The van der Waals surface area contributed by atoms with Gasteiger partial charge in [-0.2, -0.15) is 0 Å². The van der Waals surface area contributed by atoms with Gasteiger partial charge in [0.1, 0.15) is 5.69 Å². The molecule has 0 spiro atoms. The number of carboxylic acid groups (broad SMARTS) is 1. The van der Waals surface area contributed by atoms with E-state index >= 15 is 0 Å². The van der Waals surface area contributed by atoms with Gasteiger partial charge in [-0.3, -0.25) is 9.59 Å². The van der Waals surface area contributed by atoms with Crippen LogP contribution < -0.4 is 5.32 Å². The predicted octanol–water partition coefficient (Wildman–Crippen LogP) is 0.754. The molecule has 1 aromatic heterocycles. The summed E-state index contributed by atoms with van der Waals surface area (Å²) in [6, 6.07) is 0. The summed E-state index contributed by atoms with van der Waals surface area (Å²) in [6.45, 7) is 0.944. The van der Waals surface area contributed by atoms with Crippen LogP contribution >= 0.6 is 11.3 Å². The third-order valence-corrected chi connectivity index (χ3v) is 3.74. The molecule has 0 atom stereocenters. The predicted molar refractivity (Wildman–Crippen MR) is 64.6 cm³/mol. The van der Waals surface area contributed by atoms with Crippen molar-refractivity contribution in [2.24, 2.45) is 5.41 Å². The minimum absolute atomic E-state index is 0.113. The van der Waals surface area contributed by atoms with E-state index in [0.29, 0.717) is 31.7 Å². The van der Waals surface area contributed by atoms with Crippen LogP contribution in [0.15, 0.2) is 10.9 Å². The average molecular weight is 270 g/mol. The largest absolute Gasteiger partial charge is 0.481 e. The molecule has 2 heterocycles. The summed E-state index contributed by atoms with van der Waals surface area (Å²) in [5.41, 5.74) is 0.980. The lowest BCUT2D eigenvalue weighted by Gasteiger charge is -2.32. The number of rotatable bonds is 4. The monoisotopic (exact) mass is 270 g/mol. The molecule has 1 aliphatic heterocycles. The van der Waals surface area contributed by atoms with Crippen LogP contribution in [0.1, 0.15) is 23.3 Å². The van der Waals surface area contributed by atoms with Crippen LogP contribution in [0.25, 0.3) is 0 Å². The number of thiazole rings is 1. The zero-order valence-electron chi connectivity index (χ0n) is 9.72. The highest BCUT2D eigenvalue weighted by Crippen LogP contribution is 2.30. The van der Waals surface area contributed by atoms with Gasteiger partial charge in [0.2, 0.25) is 0 Å². The number of amides is 1. The summed E-state index contributed by atoms with van der Waals surface area (Å²) in [5, 5.41) is 13.6. The second-order valence-corrected chi connectivity index (χ2v) is 4.97. The van der Waals surface area contributed by atoms with Gasteiger partial charge in [0, 0.05) is 25.1 Å². The highest BCUT2D eigenvalue weighted by Gasteiger charge is 2.40. The van der Waals surface area contributed by atoms with Gasteiger partial charge >= 0.3 is 5.97 Å². The fourth-order valence-electron chi connectivity index (χ4n) is 1.89. The van der Waals surface area contributed by atoms with E-state index < -0.39 is 11.4 Å². The molecule has 2 rings (SSSR count). The Kier molecular flexibility index (Phi) is 3.93. The molecule has 1 aromatic rings. The Morgan fingerprint density at radius 3 is 2.78 bits per heavy atom. The minimum Gasteiger partial charge on any atom is -0.481 e. The lowest BCUT2D eigenvalue weighted by Crippen LogP contribution is -2.46. The molecule has 0 aliphatic carbocycles. The molecule has 0 saturated carbocycles. The zero-order valence-corrected chi connectivity index (χ0v) is 10.5. The average Bonchev–Trinajstić information content (AvgIpc) is 2.91. The van der Waals surface area contributed by atoms with Crippen LogP contribution in [0.3, 0.4) is 0 Å². The number of nitrogens with one attached hydrogen (secondary N) is 1. The van der Waals surface area contributed by atoms with Gasteiger partial charge in [-0.05, 0) is 12.8 Å². The van der Waals surface area contributed by atoms with Crippen molar-refractivity contribution in [1.29, 1.82) is 0 Å². The van der Waals surface area contributed by atoms with E-state index in [9.17, 15) is 14.7 Å². The highest BCUT2D eigenvalue weighted by atomic mass is 32.1. The fourth-order valence-corrected chi connectivity index (χ4v) is 2.43. The summed E-state index contributed by atoms with van der Waals surface area (Å²) >= 11 is 1.33. The van der Waals surface area contributed by atoms with E-state index in [2.05, 4.69) is 10.3 Å². The minimum atomic E-state index is -0.913. The van der Waals surface area contributed by atoms with Crippen molar-refractivity contribution in [2.75, 3.05) is 19.8 Å². The van der Waals surface area contributed by atoms with Crippen molar-refractivity contribution >= 4 is 23.2 Å². The number of aromatic nitrogens is 1. The van der Waals surface area contributed by atoms with Crippen molar-refractivity contribution in [2.45, 2.75) is 12.8 Å². The normalized spacial score (nSPS) is 18.2. The third kappa shape index (κ3) is 2.68. The topological polar surface area (TPSA) is 88.5 Å². The SMILES string of the molecule is O=C(NCC1(C(=O)O)CCOCC1)c1cscn1. The van der Waals surface area contributed by atoms with Crippen molar-refractivity contribution in [3.8, 4) is 0 Å². The molecule has 6 nitrogen and oxygen atoms in total. The molecule has 1 aliphatic rings. The first-order valence-electron chi connectivity index (χ1n) is 5.62. The standard InChI is InChI=1S/C11H14N2O4S/c14-9(8-5-18-7-13-8)12-6-11(10(15)16)1-3-17-4-2-11/h5,7H,1-4,6H2,(H,12,14)(H,15,16). The molecule has 0 bridgehead atoms. The second-order valence-electron chi connectivity index (χ2n) is 4.25. The molecule has 1 saturated heterocycles. The number of nitrogens with zero attached hydrogens (tertiary/aromatic N) is 1. The molecule has 2 N–H and O–H groups in total. The summed E-state index contributed by atoms with van der Waals surface area (Å²) < 4.78 is 5.17. The van der Waals surface area contributed by atoms with Gasteiger partial charge < -0.3 is 15.2 Å². The summed E-state index contributed by atoms with van der Waals surface area (Å²) in [6.07, 6.45) is 0.833. The van der Waals surface area contributed by atoms with Gasteiger partial charge in [0.15, 0.2) is 0 Å².